The first-order valence-corrected chi connectivity index (χ1v) is 46.7. The third kappa shape index (κ3) is 79.1. The van der Waals surface area contributed by atoms with Crippen LogP contribution in [-0.4, -0.2) is 141 Å². The number of nitrogens with one attached hydrogen (secondary N) is 4. The fourth-order valence-corrected chi connectivity index (χ4v) is 14.3. The summed E-state index contributed by atoms with van der Waals surface area (Å²) in [6.45, 7) is 10.5. The fraction of sp³-hybridized carbons (Fsp3) is 0.916. The Morgan fingerprint density at radius 1 is 0.318 bits per heavy atom. The normalized spacial score (nSPS) is 13.5. The van der Waals surface area contributed by atoms with E-state index in [0.717, 1.165) is 141 Å². The molecule has 110 heavy (non-hydrogen) atoms. The van der Waals surface area contributed by atoms with Crippen LogP contribution in [0.1, 0.15) is 404 Å². The Balaban J connectivity index is -0.00000954. The van der Waals surface area contributed by atoms with Gasteiger partial charge < -0.3 is 52.9 Å². The Morgan fingerprint density at radius 2 is 0.573 bits per heavy atom. The summed E-state index contributed by atoms with van der Waals surface area (Å²) in [6, 6.07) is -2.73. The number of carbonyl (C=O) groups excluding carboxylic acids is 7. The molecule has 0 spiro atoms. The minimum atomic E-state index is -4.80. The van der Waals surface area contributed by atoms with E-state index in [4.69, 9.17) is 37.0 Å². The Labute approximate surface area is 715 Å². The number of phosphoric ester groups is 2. The average Bonchev–Trinajstić information content (AvgIpc) is 0.911. The standard InChI is InChI=1S/C83H160N4O19P2.2Na.2H/c1-7-13-19-25-29-33-37-43-47-53-75(88)67-79(90)86-73(69-99-63-59-77(55-49-41-23-17-11-5)105-81(92)57-51-45-39-35-31-27-21-15-9-3)71-103-107(95,96)101-65-61-84-83(94)85-62-66-102-108(97,98)104-72-74(87-80(91)68-76(89)54-48-44-38-34-30-26-20-14-8-2)70-100-64-60-78(56-50-42-24-18-12-6)106-82(93)58-52-46-40-36-32-28-22-16-10-4;;;;/h73-74,77-78H,7-72H2,1-6H3,(H,86,90)(H,87,91)(H,95,96)(H,97,98)(H2,84,85,94);;;;/q;2*+1;2*-1/t73?,74?,77-,78-;;;;/m1..../s1. The number of unbranched alkanes of at least 4 members (excludes halogenated alkanes) is 40. The van der Waals surface area contributed by atoms with Gasteiger partial charge in [0.25, 0.3) is 0 Å². The van der Waals surface area contributed by atoms with Gasteiger partial charge in [-0.3, -0.25) is 46.9 Å². The topological polar surface area (TPSA) is 316 Å². The quantitative estimate of drug-likeness (QED) is 0.0108. The first-order chi connectivity index (χ1) is 52.3. The van der Waals surface area contributed by atoms with Gasteiger partial charge in [0.15, 0.2) is 0 Å². The second-order valence-electron chi connectivity index (χ2n) is 30.0. The van der Waals surface area contributed by atoms with E-state index in [1.807, 2.05) is 0 Å². The molecule has 0 saturated carbocycles. The van der Waals surface area contributed by atoms with E-state index in [9.17, 15) is 52.5 Å². The van der Waals surface area contributed by atoms with E-state index in [1.54, 1.807) is 0 Å². The van der Waals surface area contributed by atoms with E-state index >= 15 is 0 Å². The van der Waals surface area contributed by atoms with E-state index < -0.39 is 72.0 Å². The molecule has 27 heteroatoms. The molecule has 4 amide bonds. The first kappa shape index (κ1) is 113. The van der Waals surface area contributed by atoms with Crippen molar-refractivity contribution in [1.29, 1.82) is 0 Å². The molecule has 0 fully saturated rings. The molecule has 0 aromatic rings. The van der Waals surface area contributed by atoms with E-state index in [2.05, 4.69) is 62.8 Å². The molecule has 23 nitrogen and oxygen atoms in total. The van der Waals surface area contributed by atoms with Crippen molar-refractivity contribution in [2.24, 2.45) is 0 Å². The molecule has 0 aliphatic carbocycles. The maximum Gasteiger partial charge on any atom is 1.00 e. The van der Waals surface area contributed by atoms with Crippen LogP contribution < -0.4 is 80.4 Å². The smallest absolute Gasteiger partial charge is 1.00 e. The van der Waals surface area contributed by atoms with Gasteiger partial charge in [-0.05, 0) is 51.4 Å². The van der Waals surface area contributed by atoms with Gasteiger partial charge in [0.2, 0.25) is 11.8 Å². The van der Waals surface area contributed by atoms with Crippen LogP contribution in [0.2, 0.25) is 0 Å². The minimum Gasteiger partial charge on any atom is -1.00 e. The molecule has 6 N–H and O–H groups in total. The molecular weight excluding hydrogens is 1460 g/mol. The van der Waals surface area contributed by atoms with Gasteiger partial charge in [0.05, 0.1) is 77.8 Å². The Hall–Kier alpha value is -1.37. The molecule has 0 aliphatic rings. The number of carbonyl (C=O) groups is 7. The van der Waals surface area contributed by atoms with Crippen LogP contribution in [0.15, 0.2) is 0 Å². The minimum absolute atomic E-state index is 0. The maximum atomic E-state index is 13.3. The van der Waals surface area contributed by atoms with Crippen molar-refractivity contribution in [3.8, 4) is 0 Å². The van der Waals surface area contributed by atoms with Crippen molar-refractivity contribution in [2.75, 3.05) is 65.9 Å². The molecule has 0 aliphatic heterocycles. The van der Waals surface area contributed by atoms with Crippen molar-refractivity contribution in [3.63, 3.8) is 0 Å². The number of urea groups is 1. The SMILES string of the molecule is CCCCCCCCCCCC(=O)CC(=O)NC(COCC[C@@H](CCCCCCC)OC(=O)CCCCCCCCCCC)COP(=O)(O)OCCNC(=O)NCCOP(=O)(O)OCC(COCC[C@@H](CCCCCCC)OC(=O)CCCCCCCCCCC)NC(=O)CC(=O)CCCCCCCCCCC.[H-].[H-].[Na+].[Na+]. The predicted octanol–water partition coefficient (Wildman–Crippen LogP) is 14.7. The number of phosphoric acid groups is 2. The summed E-state index contributed by atoms with van der Waals surface area (Å²) in [5.41, 5.74) is 0. The van der Waals surface area contributed by atoms with Gasteiger partial charge in [-0.15, -0.1) is 0 Å². The number of hydrogen-bond acceptors (Lipinski definition) is 17. The number of amides is 4. The zero-order chi connectivity index (χ0) is 79.5. The van der Waals surface area contributed by atoms with Gasteiger partial charge >= 0.3 is 92.7 Å². The molecule has 0 aromatic carbocycles. The van der Waals surface area contributed by atoms with Crippen LogP contribution in [-0.2, 0) is 74.9 Å². The Bertz CT molecular complexity index is 2150. The summed E-state index contributed by atoms with van der Waals surface area (Å²) in [5, 5.41) is 10.3. The van der Waals surface area contributed by atoms with Crippen molar-refractivity contribution in [3.05, 3.63) is 0 Å². The van der Waals surface area contributed by atoms with Crippen molar-refractivity contribution >= 4 is 57.0 Å². The van der Waals surface area contributed by atoms with Crippen molar-refractivity contribution < 1.29 is 151 Å². The first-order valence-electron chi connectivity index (χ1n) is 43.7. The van der Waals surface area contributed by atoms with Crippen LogP contribution in [0.4, 0.5) is 4.79 Å². The van der Waals surface area contributed by atoms with Gasteiger partial charge in [-0.25, -0.2) is 13.9 Å². The summed E-state index contributed by atoms with van der Waals surface area (Å²) in [6.07, 6.45) is 52.3. The largest absolute Gasteiger partial charge is 1.00 e. The number of esters is 2. The Kier molecular flexibility index (Phi) is 84.8. The molecule has 0 bridgehead atoms. The number of Topliss-reactive ketones (excluding diaryl/α,β-unsaturated/α-hetero) is 2. The van der Waals surface area contributed by atoms with Crippen LogP contribution in [0.25, 0.3) is 0 Å². The van der Waals surface area contributed by atoms with Gasteiger partial charge in [0, 0.05) is 51.6 Å². The maximum absolute atomic E-state index is 13.3. The molecule has 0 rings (SSSR count). The van der Waals surface area contributed by atoms with Crippen molar-refractivity contribution in [2.45, 2.75) is 425 Å². The van der Waals surface area contributed by atoms with Crippen LogP contribution in [0, 0.1) is 0 Å². The monoisotopic (exact) mass is 1630 g/mol. The molecule has 0 heterocycles. The second-order valence-corrected chi connectivity index (χ2v) is 32.9. The predicted molar refractivity (Wildman–Crippen MR) is 435 cm³/mol. The number of rotatable bonds is 84. The summed E-state index contributed by atoms with van der Waals surface area (Å²) >= 11 is 0. The third-order valence-corrected chi connectivity index (χ3v) is 21.3. The Morgan fingerprint density at radius 3 is 0.855 bits per heavy atom. The van der Waals surface area contributed by atoms with E-state index in [1.165, 1.54) is 141 Å². The van der Waals surface area contributed by atoms with Gasteiger partial charge in [0.1, 0.15) is 23.8 Å². The molecule has 6 atom stereocenters. The van der Waals surface area contributed by atoms with E-state index in [-0.39, 0.29) is 163 Å². The van der Waals surface area contributed by atoms with Gasteiger partial charge in [-0.2, -0.15) is 0 Å². The zero-order valence-corrected chi connectivity index (χ0v) is 77.0. The summed E-state index contributed by atoms with van der Waals surface area (Å²) in [4.78, 5) is 113. The van der Waals surface area contributed by atoms with Crippen LogP contribution in [0.3, 0.4) is 0 Å². The molecule has 0 aromatic heterocycles. The fourth-order valence-electron chi connectivity index (χ4n) is 12.8. The van der Waals surface area contributed by atoms with Gasteiger partial charge in [-0.1, -0.05) is 298 Å². The number of ether oxygens (including phenoxy) is 4. The summed E-state index contributed by atoms with van der Waals surface area (Å²) in [7, 11) is -9.60. The summed E-state index contributed by atoms with van der Waals surface area (Å²) in [5.74, 6) is -2.09. The molecule has 4 unspecified atom stereocenters. The molecule has 0 radical (unpaired) electrons. The molecular formula is C83H162N4Na2O19P2. The molecule has 640 valence electrons. The van der Waals surface area contributed by atoms with Crippen LogP contribution in [0.5, 0.6) is 0 Å². The number of hydrogen-bond donors (Lipinski definition) is 6. The van der Waals surface area contributed by atoms with Crippen LogP contribution >= 0.6 is 15.6 Å². The van der Waals surface area contributed by atoms with Crippen molar-refractivity contribution in [1.82, 2.24) is 21.3 Å². The number of ketones is 2. The second kappa shape index (κ2) is 82.7. The zero-order valence-electron chi connectivity index (χ0n) is 73.2. The average molecular weight is 1630 g/mol. The molecule has 0 saturated heterocycles. The summed E-state index contributed by atoms with van der Waals surface area (Å²) < 4.78 is 71.2. The third-order valence-electron chi connectivity index (χ3n) is 19.4. The van der Waals surface area contributed by atoms with E-state index in [0.29, 0.717) is 51.4 Å².